The lowest BCUT2D eigenvalue weighted by molar-refractivity contribution is -0.146. The number of carboxylic acid groups (broad SMARTS) is 1. The van der Waals surface area contributed by atoms with Gasteiger partial charge in [0, 0.05) is 32.1 Å². The van der Waals surface area contributed by atoms with Crippen molar-refractivity contribution < 1.29 is 28.3 Å². The van der Waals surface area contributed by atoms with Crippen molar-refractivity contribution in [2.45, 2.75) is 19.3 Å². The highest BCUT2D eigenvalue weighted by Crippen LogP contribution is 2.30. The van der Waals surface area contributed by atoms with Crippen molar-refractivity contribution in [3.63, 3.8) is 0 Å². The van der Waals surface area contributed by atoms with E-state index in [1.807, 2.05) is 0 Å². The van der Waals surface area contributed by atoms with Gasteiger partial charge in [-0.2, -0.15) is 0 Å². The van der Waals surface area contributed by atoms with Crippen LogP contribution in [0.3, 0.4) is 0 Å². The summed E-state index contributed by atoms with van der Waals surface area (Å²) in [5.41, 5.74) is -0.0358. The molecular formula is C17H18F2N2O4. The monoisotopic (exact) mass is 352 g/mol. The number of hydrogen-bond donors (Lipinski definition) is 1. The van der Waals surface area contributed by atoms with Crippen molar-refractivity contribution in [2.75, 3.05) is 24.5 Å². The van der Waals surface area contributed by atoms with Crippen molar-refractivity contribution in [2.24, 2.45) is 11.8 Å². The maximum absolute atomic E-state index is 13.9. The molecule has 2 amide bonds. The van der Waals surface area contributed by atoms with Gasteiger partial charge < -0.3 is 14.9 Å². The van der Waals surface area contributed by atoms with E-state index in [1.54, 1.807) is 4.90 Å². The van der Waals surface area contributed by atoms with Gasteiger partial charge in [-0.05, 0) is 25.0 Å². The molecule has 1 aromatic rings. The Morgan fingerprint density at radius 3 is 2.40 bits per heavy atom. The fraction of sp³-hybridized carbons (Fsp3) is 0.471. The molecule has 2 aliphatic heterocycles. The molecule has 2 fully saturated rings. The van der Waals surface area contributed by atoms with E-state index in [4.69, 9.17) is 5.11 Å². The van der Waals surface area contributed by atoms with Crippen LogP contribution in [0.2, 0.25) is 0 Å². The molecule has 0 bridgehead atoms. The van der Waals surface area contributed by atoms with Gasteiger partial charge in [0.25, 0.3) is 0 Å². The van der Waals surface area contributed by atoms with Gasteiger partial charge in [-0.25, -0.2) is 8.78 Å². The van der Waals surface area contributed by atoms with Crippen LogP contribution < -0.4 is 4.90 Å². The predicted molar refractivity (Wildman–Crippen MR) is 83.8 cm³/mol. The Hall–Kier alpha value is -2.51. The molecule has 25 heavy (non-hydrogen) atoms. The number of aliphatic carboxylic acids is 1. The number of halogens is 2. The summed E-state index contributed by atoms with van der Waals surface area (Å²) in [5, 5.41) is 9.00. The number of rotatable bonds is 3. The zero-order valence-corrected chi connectivity index (χ0v) is 13.5. The quantitative estimate of drug-likeness (QED) is 0.897. The van der Waals surface area contributed by atoms with Crippen LogP contribution in [-0.2, 0) is 14.4 Å². The lowest BCUT2D eigenvalue weighted by atomic mass is 9.95. The Bertz CT molecular complexity index is 717. The van der Waals surface area contributed by atoms with E-state index in [1.165, 1.54) is 11.0 Å². The average molecular weight is 352 g/mol. The van der Waals surface area contributed by atoms with Crippen molar-refractivity contribution in [3.8, 4) is 0 Å². The predicted octanol–water partition coefficient (Wildman–Crippen LogP) is 1.64. The van der Waals surface area contributed by atoms with Crippen LogP contribution in [0.5, 0.6) is 0 Å². The first-order valence-electron chi connectivity index (χ1n) is 8.14. The van der Waals surface area contributed by atoms with Gasteiger partial charge >= 0.3 is 5.97 Å². The van der Waals surface area contributed by atoms with Crippen LogP contribution in [0.4, 0.5) is 14.5 Å². The number of carbonyl (C=O) groups excluding carboxylic acids is 2. The highest BCUT2D eigenvalue weighted by Gasteiger charge is 2.39. The lowest BCUT2D eigenvalue weighted by Crippen LogP contribution is -2.43. The van der Waals surface area contributed by atoms with Crippen LogP contribution in [0.15, 0.2) is 18.2 Å². The van der Waals surface area contributed by atoms with Crippen LogP contribution in [0.1, 0.15) is 19.3 Å². The third-order valence-electron chi connectivity index (χ3n) is 4.83. The lowest BCUT2D eigenvalue weighted by Gasteiger charge is -2.31. The first-order chi connectivity index (χ1) is 11.9. The third kappa shape index (κ3) is 3.47. The number of amides is 2. The molecule has 8 heteroatoms. The van der Waals surface area contributed by atoms with Gasteiger partial charge in [-0.1, -0.05) is 0 Å². The molecule has 1 unspecified atom stereocenters. The fourth-order valence-corrected chi connectivity index (χ4v) is 3.41. The zero-order valence-electron chi connectivity index (χ0n) is 13.5. The highest BCUT2D eigenvalue weighted by molar-refractivity contribution is 6.00. The van der Waals surface area contributed by atoms with E-state index in [0.717, 1.165) is 6.07 Å². The number of carbonyl (C=O) groups is 3. The molecule has 1 atom stereocenters. The molecule has 1 N–H and O–H groups in total. The maximum Gasteiger partial charge on any atom is 0.306 e. The summed E-state index contributed by atoms with van der Waals surface area (Å²) < 4.78 is 26.9. The van der Waals surface area contributed by atoms with Gasteiger partial charge in [0.05, 0.1) is 17.5 Å². The molecule has 0 radical (unpaired) electrons. The van der Waals surface area contributed by atoms with Gasteiger partial charge in [-0.15, -0.1) is 0 Å². The number of piperidine rings is 1. The van der Waals surface area contributed by atoms with Crippen LogP contribution in [0, 0.1) is 23.5 Å². The molecule has 3 rings (SSSR count). The number of anilines is 1. The SMILES string of the molecule is O=C(O)C1CCN(C(=O)C2CC(=O)N(c3ccc(F)cc3F)C2)CC1. The number of benzene rings is 1. The Kier molecular flexibility index (Phi) is 4.69. The summed E-state index contributed by atoms with van der Waals surface area (Å²) >= 11 is 0. The van der Waals surface area contributed by atoms with Gasteiger partial charge in [0.2, 0.25) is 11.8 Å². The van der Waals surface area contributed by atoms with E-state index in [2.05, 4.69) is 0 Å². The Morgan fingerprint density at radius 2 is 1.80 bits per heavy atom. The molecule has 0 aromatic heterocycles. The molecule has 0 aliphatic carbocycles. The second-order valence-corrected chi connectivity index (χ2v) is 6.44. The Labute approximate surface area is 143 Å². The second-order valence-electron chi connectivity index (χ2n) is 6.44. The fourth-order valence-electron chi connectivity index (χ4n) is 3.41. The van der Waals surface area contributed by atoms with Gasteiger partial charge in [0.1, 0.15) is 11.6 Å². The molecule has 2 saturated heterocycles. The summed E-state index contributed by atoms with van der Waals surface area (Å²) in [6.45, 7) is 0.718. The molecule has 6 nitrogen and oxygen atoms in total. The van der Waals surface area contributed by atoms with Crippen LogP contribution >= 0.6 is 0 Å². The molecule has 2 aliphatic rings. The summed E-state index contributed by atoms with van der Waals surface area (Å²) in [6.07, 6.45) is 0.741. The topological polar surface area (TPSA) is 77.9 Å². The minimum atomic E-state index is -0.860. The first-order valence-corrected chi connectivity index (χ1v) is 8.14. The van der Waals surface area contributed by atoms with Crippen LogP contribution in [-0.4, -0.2) is 47.4 Å². The minimum absolute atomic E-state index is 0.0332. The minimum Gasteiger partial charge on any atom is -0.481 e. The third-order valence-corrected chi connectivity index (χ3v) is 4.83. The van der Waals surface area contributed by atoms with Crippen molar-refractivity contribution in [1.82, 2.24) is 4.90 Å². The molecule has 0 saturated carbocycles. The maximum atomic E-state index is 13.9. The van der Waals surface area contributed by atoms with E-state index in [-0.39, 0.29) is 30.5 Å². The summed E-state index contributed by atoms with van der Waals surface area (Å²) in [4.78, 5) is 38.5. The summed E-state index contributed by atoms with van der Waals surface area (Å²) in [6, 6.07) is 2.96. The average Bonchev–Trinajstić information content (AvgIpc) is 2.96. The molecular weight excluding hydrogens is 334 g/mol. The van der Waals surface area contributed by atoms with E-state index >= 15 is 0 Å². The zero-order chi connectivity index (χ0) is 18.1. The van der Waals surface area contributed by atoms with E-state index in [0.29, 0.717) is 32.0 Å². The van der Waals surface area contributed by atoms with E-state index < -0.39 is 29.4 Å². The smallest absolute Gasteiger partial charge is 0.306 e. The van der Waals surface area contributed by atoms with E-state index in [9.17, 15) is 23.2 Å². The van der Waals surface area contributed by atoms with Crippen LogP contribution in [0.25, 0.3) is 0 Å². The van der Waals surface area contributed by atoms with Crippen molar-refractivity contribution in [1.29, 1.82) is 0 Å². The molecule has 134 valence electrons. The Balaban J connectivity index is 1.66. The Morgan fingerprint density at radius 1 is 1.12 bits per heavy atom. The van der Waals surface area contributed by atoms with Crippen molar-refractivity contribution in [3.05, 3.63) is 29.8 Å². The van der Waals surface area contributed by atoms with Gasteiger partial charge in [0.15, 0.2) is 0 Å². The summed E-state index contributed by atoms with van der Waals surface area (Å²) in [7, 11) is 0. The molecule has 1 aromatic carbocycles. The number of hydrogen-bond acceptors (Lipinski definition) is 3. The van der Waals surface area contributed by atoms with Gasteiger partial charge in [-0.3, -0.25) is 14.4 Å². The second kappa shape index (κ2) is 6.78. The van der Waals surface area contributed by atoms with Crippen molar-refractivity contribution >= 4 is 23.5 Å². The molecule has 2 heterocycles. The number of carboxylic acids is 1. The first kappa shape index (κ1) is 17.3. The number of likely N-dealkylation sites (tertiary alicyclic amines) is 1. The normalized spacial score (nSPS) is 21.7. The highest BCUT2D eigenvalue weighted by atomic mass is 19.1. The molecule has 0 spiro atoms. The largest absolute Gasteiger partial charge is 0.481 e. The standard InChI is InChI=1S/C17H18F2N2O4/c18-12-1-2-14(13(19)8-12)21-9-11(7-15(21)22)16(23)20-5-3-10(4-6-20)17(24)25/h1-2,8,10-11H,3-7,9H2,(H,24,25). The number of nitrogens with zero attached hydrogens (tertiary/aromatic N) is 2. The summed E-state index contributed by atoms with van der Waals surface area (Å²) in [5.74, 6) is -4.09.